The van der Waals surface area contributed by atoms with Crippen LogP contribution in [0.1, 0.15) is 38.8 Å². The van der Waals surface area contributed by atoms with E-state index in [2.05, 4.69) is 5.32 Å². The quantitative estimate of drug-likeness (QED) is 0.571. The smallest absolute Gasteiger partial charge is 0.411 e. The Morgan fingerprint density at radius 3 is 2.32 bits per heavy atom. The number of nitrogens with zero attached hydrogens (tertiary/aromatic N) is 1. The zero-order valence-corrected chi connectivity index (χ0v) is 19.0. The molecule has 1 aliphatic heterocycles. The van der Waals surface area contributed by atoms with Gasteiger partial charge in [0.25, 0.3) is 0 Å². The highest BCUT2D eigenvalue weighted by atomic mass is 19.2. The lowest BCUT2D eigenvalue weighted by atomic mass is 9.99. The molecule has 2 amide bonds. The Morgan fingerprint density at radius 1 is 1.12 bits per heavy atom. The number of carbonyl (C=O) groups excluding carboxylic acids is 2. The molecule has 0 spiro atoms. The van der Waals surface area contributed by atoms with E-state index in [1.807, 2.05) is 0 Å². The van der Waals surface area contributed by atoms with E-state index in [1.165, 1.54) is 24.3 Å². The van der Waals surface area contributed by atoms with Crippen LogP contribution in [-0.2, 0) is 9.53 Å². The molecule has 1 aliphatic rings. The predicted octanol–water partition coefficient (Wildman–Crippen LogP) is 3.29. The Morgan fingerprint density at radius 2 is 1.74 bits per heavy atom. The lowest BCUT2D eigenvalue weighted by molar-refractivity contribution is -0.126. The summed E-state index contributed by atoms with van der Waals surface area (Å²) in [7, 11) is 0. The third-order valence-electron chi connectivity index (χ3n) is 5.35. The van der Waals surface area contributed by atoms with Crippen LogP contribution in [0.3, 0.4) is 0 Å². The summed E-state index contributed by atoms with van der Waals surface area (Å²) in [5.74, 6) is -4.04. The SMILES string of the molecule is CC(C)(C)OC(=O)N1C[C@H](O)C[C@H]1C(=O)N[C@@H](CO)c1ccc(-c2c(F)ccc(F)c2F)cc1. The average Bonchev–Trinajstić information content (AvgIpc) is 3.16. The minimum Gasteiger partial charge on any atom is -0.444 e. The number of hydrogen-bond donors (Lipinski definition) is 3. The number of aliphatic hydroxyl groups is 2. The highest BCUT2D eigenvalue weighted by molar-refractivity contribution is 5.86. The van der Waals surface area contributed by atoms with Crippen molar-refractivity contribution in [3.8, 4) is 11.1 Å². The van der Waals surface area contributed by atoms with Crippen molar-refractivity contribution in [3.05, 3.63) is 59.4 Å². The number of hydrogen-bond acceptors (Lipinski definition) is 5. The molecule has 34 heavy (non-hydrogen) atoms. The van der Waals surface area contributed by atoms with Gasteiger partial charge in [0, 0.05) is 6.42 Å². The molecule has 1 saturated heterocycles. The number of amides is 2. The molecule has 10 heteroatoms. The lowest BCUT2D eigenvalue weighted by Crippen LogP contribution is -2.48. The fraction of sp³-hybridized carbons (Fsp3) is 0.417. The highest BCUT2D eigenvalue weighted by Crippen LogP contribution is 2.29. The van der Waals surface area contributed by atoms with Crippen molar-refractivity contribution in [1.82, 2.24) is 10.2 Å². The molecule has 1 heterocycles. The van der Waals surface area contributed by atoms with E-state index < -0.39 is 65.4 Å². The van der Waals surface area contributed by atoms with Gasteiger partial charge in [-0.15, -0.1) is 0 Å². The minimum absolute atomic E-state index is 0.000285. The van der Waals surface area contributed by atoms with Gasteiger partial charge in [-0.3, -0.25) is 9.69 Å². The maximum Gasteiger partial charge on any atom is 0.411 e. The first kappa shape index (κ1) is 25.5. The Bertz CT molecular complexity index is 1060. The van der Waals surface area contributed by atoms with Crippen molar-refractivity contribution in [3.63, 3.8) is 0 Å². The van der Waals surface area contributed by atoms with Gasteiger partial charge >= 0.3 is 6.09 Å². The average molecular weight is 480 g/mol. The summed E-state index contributed by atoms with van der Waals surface area (Å²) >= 11 is 0. The molecule has 3 rings (SSSR count). The van der Waals surface area contributed by atoms with Gasteiger partial charge in [-0.25, -0.2) is 18.0 Å². The second-order valence-corrected chi connectivity index (χ2v) is 9.12. The molecule has 3 atom stereocenters. The van der Waals surface area contributed by atoms with E-state index in [1.54, 1.807) is 20.8 Å². The van der Waals surface area contributed by atoms with E-state index in [-0.39, 0.29) is 18.5 Å². The molecule has 1 fully saturated rings. The van der Waals surface area contributed by atoms with E-state index in [0.29, 0.717) is 11.6 Å². The number of aliphatic hydroxyl groups excluding tert-OH is 2. The molecule has 2 aromatic carbocycles. The molecular weight excluding hydrogens is 453 g/mol. The van der Waals surface area contributed by atoms with Crippen molar-refractivity contribution in [2.45, 2.75) is 51.0 Å². The molecule has 0 bridgehead atoms. The Labute approximate surface area is 195 Å². The van der Waals surface area contributed by atoms with Crippen LogP contribution in [0.15, 0.2) is 36.4 Å². The third kappa shape index (κ3) is 5.68. The molecule has 3 N–H and O–H groups in total. The third-order valence-corrected chi connectivity index (χ3v) is 5.35. The number of β-amino-alcohol motifs (C(OH)–C–C–N with tert-alkyl or cyclic N) is 1. The monoisotopic (exact) mass is 480 g/mol. The normalized spacial score (nSPS) is 19.1. The maximum atomic E-state index is 14.1. The standard InChI is InChI=1S/C24H27F3N2O5/c1-24(2,3)34-23(33)29-11-15(31)10-19(29)22(32)28-18(12-30)13-4-6-14(7-5-13)20-16(25)8-9-17(26)21(20)27/h4-9,15,18-19,30-31H,10-12H2,1-3H3,(H,28,32)/t15-,18+,19+/m1/s1. The van der Waals surface area contributed by atoms with E-state index in [9.17, 15) is 33.0 Å². The molecule has 0 aromatic heterocycles. The lowest BCUT2D eigenvalue weighted by Gasteiger charge is -2.28. The van der Waals surface area contributed by atoms with Crippen LogP contribution >= 0.6 is 0 Å². The molecule has 0 aliphatic carbocycles. The number of rotatable bonds is 5. The summed E-state index contributed by atoms with van der Waals surface area (Å²) < 4.78 is 47.0. The molecule has 0 unspecified atom stereocenters. The largest absolute Gasteiger partial charge is 0.444 e. The van der Waals surface area contributed by atoms with E-state index in [0.717, 1.165) is 11.0 Å². The molecule has 0 saturated carbocycles. The van der Waals surface area contributed by atoms with Crippen LogP contribution in [0.5, 0.6) is 0 Å². The number of ether oxygens (including phenoxy) is 1. The number of benzene rings is 2. The van der Waals surface area contributed by atoms with Gasteiger partial charge in [0.1, 0.15) is 17.5 Å². The molecule has 0 radical (unpaired) electrons. The summed E-state index contributed by atoms with van der Waals surface area (Å²) in [5.41, 5.74) is -0.818. The molecule has 2 aromatic rings. The van der Waals surface area contributed by atoms with Gasteiger partial charge in [-0.1, -0.05) is 24.3 Å². The molecule has 184 valence electrons. The fourth-order valence-electron chi connectivity index (χ4n) is 3.76. The van der Waals surface area contributed by atoms with Crippen LogP contribution < -0.4 is 5.32 Å². The Hall–Kier alpha value is -3.11. The summed E-state index contributed by atoms with van der Waals surface area (Å²) in [6, 6.07) is 5.18. The number of nitrogens with one attached hydrogen (secondary N) is 1. The molecule has 7 nitrogen and oxygen atoms in total. The van der Waals surface area contributed by atoms with Gasteiger partial charge in [0.2, 0.25) is 5.91 Å². The van der Waals surface area contributed by atoms with Gasteiger partial charge in [-0.05, 0) is 44.0 Å². The number of halogens is 3. The Balaban J connectivity index is 1.76. The minimum atomic E-state index is -1.32. The highest BCUT2D eigenvalue weighted by Gasteiger charge is 2.41. The number of likely N-dealkylation sites (tertiary alicyclic amines) is 1. The van der Waals surface area contributed by atoms with Crippen molar-refractivity contribution in [1.29, 1.82) is 0 Å². The zero-order chi connectivity index (χ0) is 25.2. The first-order valence-corrected chi connectivity index (χ1v) is 10.7. The second kappa shape index (κ2) is 10.0. The van der Waals surface area contributed by atoms with Crippen molar-refractivity contribution in [2.24, 2.45) is 0 Å². The fourth-order valence-corrected chi connectivity index (χ4v) is 3.76. The van der Waals surface area contributed by atoms with Crippen molar-refractivity contribution in [2.75, 3.05) is 13.2 Å². The summed E-state index contributed by atoms with van der Waals surface area (Å²) in [4.78, 5) is 26.5. The van der Waals surface area contributed by atoms with Crippen LogP contribution in [0.2, 0.25) is 0 Å². The summed E-state index contributed by atoms with van der Waals surface area (Å²) in [6.07, 6.45) is -1.65. The van der Waals surface area contributed by atoms with Crippen molar-refractivity contribution < 1.29 is 37.7 Å². The zero-order valence-electron chi connectivity index (χ0n) is 19.0. The Kier molecular flexibility index (Phi) is 7.52. The van der Waals surface area contributed by atoms with Crippen LogP contribution in [-0.4, -0.2) is 58.0 Å². The van der Waals surface area contributed by atoms with E-state index in [4.69, 9.17) is 4.74 Å². The molecular formula is C24H27F3N2O5. The first-order chi connectivity index (χ1) is 15.9. The summed E-state index contributed by atoms with van der Waals surface area (Å²) in [6.45, 7) is 4.46. The first-order valence-electron chi connectivity index (χ1n) is 10.7. The topological polar surface area (TPSA) is 99.1 Å². The van der Waals surface area contributed by atoms with Gasteiger partial charge in [-0.2, -0.15) is 0 Å². The van der Waals surface area contributed by atoms with Crippen LogP contribution in [0, 0.1) is 17.5 Å². The van der Waals surface area contributed by atoms with Gasteiger partial charge < -0.3 is 20.3 Å². The summed E-state index contributed by atoms with van der Waals surface area (Å²) in [5, 5.41) is 22.5. The van der Waals surface area contributed by atoms with Gasteiger partial charge in [0.05, 0.1) is 30.9 Å². The second-order valence-electron chi connectivity index (χ2n) is 9.12. The van der Waals surface area contributed by atoms with Crippen molar-refractivity contribution >= 4 is 12.0 Å². The maximum absolute atomic E-state index is 14.1. The van der Waals surface area contributed by atoms with Gasteiger partial charge in [0.15, 0.2) is 11.6 Å². The number of carbonyl (C=O) groups is 2. The van der Waals surface area contributed by atoms with E-state index >= 15 is 0 Å². The van der Waals surface area contributed by atoms with Crippen LogP contribution in [0.25, 0.3) is 11.1 Å². The van der Waals surface area contributed by atoms with Crippen LogP contribution in [0.4, 0.5) is 18.0 Å². The predicted molar refractivity (Wildman–Crippen MR) is 117 cm³/mol.